The minimum Gasteiger partial charge on any atom is -0.493 e. The van der Waals surface area contributed by atoms with Gasteiger partial charge in [0.1, 0.15) is 0 Å². The number of benzene rings is 2. The quantitative estimate of drug-likeness (QED) is 0.723. The molecule has 0 aliphatic rings. The highest BCUT2D eigenvalue weighted by atomic mass is 35.5. The molecule has 0 aliphatic heterocycles. The smallest absolute Gasteiger partial charge is 0.220 e. The number of carbonyl (C=O) groups is 1. The Morgan fingerprint density at radius 3 is 2.60 bits per heavy atom. The third kappa shape index (κ3) is 5.83. The lowest BCUT2D eigenvalue weighted by Gasteiger charge is -2.12. The van der Waals surface area contributed by atoms with Gasteiger partial charge in [-0.3, -0.25) is 4.79 Å². The van der Waals surface area contributed by atoms with Crippen molar-refractivity contribution in [2.45, 2.75) is 26.3 Å². The second-order valence-electron chi connectivity index (χ2n) is 5.43. The fraction of sp³-hybridized carbons (Fsp3) is 0.316. The Morgan fingerprint density at radius 2 is 1.92 bits per heavy atom. The summed E-state index contributed by atoms with van der Waals surface area (Å²) in [5, 5.41) is 4.07. The minimum atomic E-state index is -0.0419. The van der Waals surface area contributed by atoms with Crippen LogP contribution in [0.1, 0.15) is 24.5 Å². The summed E-state index contributed by atoms with van der Waals surface area (Å²) in [5.74, 6) is 1.30. The van der Waals surface area contributed by atoms with Crippen LogP contribution < -0.4 is 14.8 Å². The molecule has 0 spiro atoms. The normalized spacial score (nSPS) is 10.4. The first kappa shape index (κ1) is 19.4. The second kappa shape index (κ2) is 9.54. The van der Waals surface area contributed by atoms with Crippen LogP contribution in [0.4, 0.5) is 0 Å². The summed E-state index contributed by atoms with van der Waals surface area (Å²) in [6, 6.07) is 10.9. The van der Waals surface area contributed by atoms with Crippen LogP contribution in [0.25, 0.3) is 0 Å². The lowest BCUT2D eigenvalue weighted by molar-refractivity contribution is -0.121. The molecule has 0 fully saturated rings. The molecule has 0 aromatic heterocycles. The molecular weight excluding hydrogens is 361 g/mol. The van der Waals surface area contributed by atoms with E-state index in [1.165, 1.54) is 0 Å². The summed E-state index contributed by atoms with van der Waals surface area (Å²) in [4.78, 5) is 12.1. The van der Waals surface area contributed by atoms with Gasteiger partial charge in [0.25, 0.3) is 0 Å². The number of amides is 1. The van der Waals surface area contributed by atoms with Crippen molar-refractivity contribution < 1.29 is 14.3 Å². The lowest BCUT2D eigenvalue weighted by atomic mass is 10.1. The number of nitrogens with one attached hydrogen (secondary N) is 1. The van der Waals surface area contributed by atoms with Gasteiger partial charge in [0.15, 0.2) is 11.5 Å². The molecule has 1 amide bonds. The summed E-state index contributed by atoms with van der Waals surface area (Å²) in [6.45, 7) is 2.89. The van der Waals surface area contributed by atoms with Gasteiger partial charge in [-0.25, -0.2) is 0 Å². The van der Waals surface area contributed by atoms with Crippen LogP contribution in [0.5, 0.6) is 11.5 Å². The monoisotopic (exact) mass is 381 g/mol. The summed E-state index contributed by atoms with van der Waals surface area (Å²) in [6.07, 6.45) is 0.921. The molecule has 0 heterocycles. The third-order valence-electron chi connectivity index (χ3n) is 3.65. The Hall–Kier alpha value is -1.91. The fourth-order valence-corrected chi connectivity index (χ4v) is 2.86. The van der Waals surface area contributed by atoms with Gasteiger partial charge >= 0.3 is 0 Å². The molecule has 0 bridgehead atoms. The Bertz CT molecular complexity index is 735. The van der Waals surface area contributed by atoms with Gasteiger partial charge < -0.3 is 14.8 Å². The van der Waals surface area contributed by atoms with E-state index in [1.54, 1.807) is 19.2 Å². The summed E-state index contributed by atoms with van der Waals surface area (Å²) in [5.41, 5.74) is 1.85. The summed E-state index contributed by atoms with van der Waals surface area (Å²) < 4.78 is 10.8. The number of carbonyl (C=O) groups excluding carboxylic acids is 1. The van der Waals surface area contributed by atoms with Gasteiger partial charge in [-0.2, -0.15) is 0 Å². The van der Waals surface area contributed by atoms with Gasteiger partial charge in [0.05, 0.1) is 13.7 Å². The Kier molecular flexibility index (Phi) is 7.41. The predicted octanol–water partition coefficient (Wildman–Crippen LogP) is 4.65. The van der Waals surface area contributed by atoms with E-state index < -0.39 is 0 Å². The number of rotatable bonds is 8. The van der Waals surface area contributed by atoms with Crippen LogP contribution >= 0.6 is 23.2 Å². The molecule has 25 heavy (non-hydrogen) atoms. The van der Waals surface area contributed by atoms with E-state index in [9.17, 15) is 4.79 Å². The molecule has 0 unspecified atom stereocenters. The van der Waals surface area contributed by atoms with Crippen LogP contribution in [0.3, 0.4) is 0 Å². The van der Waals surface area contributed by atoms with Crippen LogP contribution in [-0.2, 0) is 17.8 Å². The zero-order valence-corrected chi connectivity index (χ0v) is 15.8. The largest absolute Gasteiger partial charge is 0.493 e. The van der Waals surface area contributed by atoms with Crippen molar-refractivity contribution in [1.29, 1.82) is 0 Å². The average molecular weight is 382 g/mol. The van der Waals surface area contributed by atoms with Gasteiger partial charge in [0.2, 0.25) is 5.91 Å². The molecule has 0 aliphatic carbocycles. The molecule has 2 aromatic rings. The van der Waals surface area contributed by atoms with Crippen LogP contribution in [-0.4, -0.2) is 19.6 Å². The molecule has 2 aromatic carbocycles. The molecular formula is C19H21Cl2NO3. The summed E-state index contributed by atoms with van der Waals surface area (Å²) in [7, 11) is 1.60. The molecule has 134 valence electrons. The average Bonchev–Trinajstić information content (AvgIpc) is 2.59. The lowest BCUT2D eigenvalue weighted by Crippen LogP contribution is -2.23. The number of hydrogen-bond acceptors (Lipinski definition) is 3. The zero-order valence-electron chi connectivity index (χ0n) is 14.3. The predicted molar refractivity (Wildman–Crippen MR) is 101 cm³/mol. The molecule has 2 rings (SSSR count). The number of methoxy groups -OCH3 is 1. The van der Waals surface area contributed by atoms with E-state index in [0.717, 1.165) is 11.1 Å². The standard InChI is InChI=1S/C19H21Cl2NO3/c1-3-25-18-10-13(4-8-17(18)24-2)12-22-19(23)9-6-14-5-7-15(20)11-16(14)21/h4-5,7-8,10-11H,3,6,9,12H2,1-2H3,(H,22,23). The van der Waals surface area contributed by atoms with Crippen molar-refractivity contribution in [3.05, 3.63) is 57.6 Å². The van der Waals surface area contributed by atoms with E-state index in [1.807, 2.05) is 31.2 Å². The van der Waals surface area contributed by atoms with Crippen molar-refractivity contribution in [1.82, 2.24) is 5.32 Å². The van der Waals surface area contributed by atoms with Crippen molar-refractivity contribution in [2.75, 3.05) is 13.7 Å². The molecule has 0 saturated carbocycles. The Morgan fingerprint density at radius 1 is 1.12 bits per heavy atom. The minimum absolute atomic E-state index is 0.0419. The van der Waals surface area contributed by atoms with Gasteiger partial charge in [-0.05, 0) is 48.7 Å². The first-order chi connectivity index (χ1) is 12.0. The maximum absolute atomic E-state index is 12.1. The van der Waals surface area contributed by atoms with Gasteiger partial charge in [-0.1, -0.05) is 35.3 Å². The fourth-order valence-electron chi connectivity index (χ4n) is 2.36. The number of ether oxygens (including phenoxy) is 2. The highest BCUT2D eigenvalue weighted by molar-refractivity contribution is 6.35. The Balaban J connectivity index is 1.88. The number of aryl methyl sites for hydroxylation is 1. The van der Waals surface area contributed by atoms with Crippen LogP contribution in [0.2, 0.25) is 10.0 Å². The SMILES string of the molecule is CCOc1cc(CNC(=O)CCc2ccc(Cl)cc2Cl)ccc1OC. The second-order valence-corrected chi connectivity index (χ2v) is 6.27. The van der Waals surface area contributed by atoms with Gasteiger partial charge in [0, 0.05) is 23.0 Å². The van der Waals surface area contributed by atoms with Crippen molar-refractivity contribution in [2.24, 2.45) is 0 Å². The van der Waals surface area contributed by atoms with Crippen LogP contribution in [0, 0.1) is 0 Å². The topological polar surface area (TPSA) is 47.6 Å². The zero-order chi connectivity index (χ0) is 18.2. The molecule has 1 N–H and O–H groups in total. The first-order valence-electron chi connectivity index (χ1n) is 8.03. The molecule has 0 saturated heterocycles. The van der Waals surface area contributed by atoms with Crippen molar-refractivity contribution >= 4 is 29.1 Å². The van der Waals surface area contributed by atoms with E-state index in [2.05, 4.69) is 5.32 Å². The van der Waals surface area contributed by atoms with Crippen molar-refractivity contribution in [3.8, 4) is 11.5 Å². The molecule has 0 radical (unpaired) electrons. The third-order valence-corrected chi connectivity index (χ3v) is 4.24. The van der Waals surface area contributed by atoms with Crippen LogP contribution in [0.15, 0.2) is 36.4 Å². The van der Waals surface area contributed by atoms with E-state index >= 15 is 0 Å². The molecule has 0 atom stereocenters. The summed E-state index contributed by atoms with van der Waals surface area (Å²) >= 11 is 12.0. The van der Waals surface area contributed by atoms with Crippen molar-refractivity contribution in [3.63, 3.8) is 0 Å². The van der Waals surface area contributed by atoms with E-state index in [0.29, 0.717) is 47.5 Å². The van der Waals surface area contributed by atoms with E-state index in [4.69, 9.17) is 32.7 Å². The number of halogens is 2. The highest BCUT2D eigenvalue weighted by Crippen LogP contribution is 2.28. The van der Waals surface area contributed by atoms with E-state index in [-0.39, 0.29) is 5.91 Å². The maximum atomic E-state index is 12.1. The highest BCUT2D eigenvalue weighted by Gasteiger charge is 2.08. The number of hydrogen-bond donors (Lipinski definition) is 1. The maximum Gasteiger partial charge on any atom is 0.220 e. The molecule has 6 heteroatoms. The first-order valence-corrected chi connectivity index (χ1v) is 8.79. The molecule has 4 nitrogen and oxygen atoms in total. The van der Waals surface area contributed by atoms with Gasteiger partial charge in [-0.15, -0.1) is 0 Å². The Labute approximate surface area is 158 Å².